The highest BCUT2D eigenvalue weighted by atomic mass is 79.9. The van der Waals surface area contributed by atoms with Gasteiger partial charge in [-0.3, -0.25) is 14.4 Å². The lowest BCUT2D eigenvalue weighted by Gasteiger charge is -2.14. The van der Waals surface area contributed by atoms with E-state index in [2.05, 4.69) is 21.2 Å². The number of carbonyl (C=O) groups is 3. The lowest BCUT2D eigenvalue weighted by atomic mass is 10.0. The highest BCUT2D eigenvalue weighted by Crippen LogP contribution is 2.12. The standard InChI is InChI=1S/C17H22BrNO3/c1-3-4-16(12(2)20)19-17(22)10-9-15(21)11-13-5-7-14(18)8-6-13/h5-8,16H,3-4,9-11H2,1-2H3,(H,19,22)/t16-/m0/s1. The van der Waals surface area contributed by atoms with Crippen molar-refractivity contribution in [2.45, 2.75) is 52.0 Å². The molecule has 0 bridgehead atoms. The van der Waals surface area contributed by atoms with Crippen molar-refractivity contribution in [3.63, 3.8) is 0 Å². The van der Waals surface area contributed by atoms with Crippen LogP contribution in [-0.2, 0) is 20.8 Å². The van der Waals surface area contributed by atoms with Gasteiger partial charge in [-0.1, -0.05) is 41.4 Å². The number of ketones is 2. The van der Waals surface area contributed by atoms with Crippen molar-refractivity contribution < 1.29 is 14.4 Å². The van der Waals surface area contributed by atoms with E-state index in [1.54, 1.807) is 0 Å². The normalized spacial score (nSPS) is 11.8. The molecule has 0 radical (unpaired) electrons. The summed E-state index contributed by atoms with van der Waals surface area (Å²) in [5.41, 5.74) is 0.932. The van der Waals surface area contributed by atoms with Crippen LogP contribution in [-0.4, -0.2) is 23.5 Å². The first-order valence-electron chi connectivity index (χ1n) is 7.48. The minimum Gasteiger partial charge on any atom is -0.346 e. The zero-order valence-electron chi connectivity index (χ0n) is 13.0. The molecule has 5 heteroatoms. The molecule has 1 N–H and O–H groups in total. The molecule has 0 saturated carbocycles. The largest absolute Gasteiger partial charge is 0.346 e. The van der Waals surface area contributed by atoms with E-state index in [1.807, 2.05) is 31.2 Å². The number of rotatable bonds is 9. The average Bonchev–Trinajstić information content (AvgIpc) is 2.47. The van der Waals surface area contributed by atoms with Gasteiger partial charge < -0.3 is 5.32 Å². The van der Waals surface area contributed by atoms with Crippen LogP contribution in [0.3, 0.4) is 0 Å². The third kappa shape index (κ3) is 6.98. The number of amides is 1. The third-order valence-corrected chi connectivity index (χ3v) is 3.88. The van der Waals surface area contributed by atoms with Crippen molar-refractivity contribution in [3.05, 3.63) is 34.3 Å². The Balaban J connectivity index is 2.38. The molecule has 1 aromatic rings. The van der Waals surface area contributed by atoms with Gasteiger partial charge in [0.25, 0.3) is 0 Å². The molecule has 120 valence electrons. The number of carbonyl (C=O) groups excluding carboxylic acids is 3. The molecule has 1 amide bonds. The molecule has 1 rings (SSSR count). The van der Waals surface area contributed by atoms with Gasteiger partial charge in [0.15, 0.2) is 5.78 Å². The highest BCUT2D eigenvalue weighted by Gasteiger charge is 2.16. The number of halogens is 1. The summed E-state index contributed by atoms with van der Waals surface area (Å²) in [6, 6.07) is 7.11. The molecular weight excluding hydrogens is 346 g/mol. The average molecular weight is 368 g/mol. The Morgan fingerprint density at radius 3 is 2.32 bits per heavy atom. The predicted molar refractivity (Wildman–Crippen MR) is 89.6 cm³/mol. The van der Waals surface area contributed by atoms with Gasteiger partial charge in [0.2, 0.25) is 5.91 Å². The molecule has 0 fully saturated rings. The van der Waals surface area contributed by atoms with Crippen LogP contribution >= 0.6 is 15.9 Å². The number of nitrogens with one attached hydrogen (secondary N) is 1. The topological polar surface area (TPSA) is 63.2 Å². The van der Waals surface area contributed by atoms with Crippen LogP contribution in [0.25, 0.3) is 0 Å². The monoisotopic (exact) mass is 367 g/mol. The molecule has 1 aromatic carbocycles. The predicted octanol–water partition coefficient (Wildman–Crippen LogP) is 3.21. The molecule has 0 heterocycles. The maximum absolute atomic E-state index is 11.9. The molecule has 0 aromatic heterocycles. The van der Waals surface area contributed by atoms with Crippen molar-refractivity contribution in [2.75, 3.05) is 0 Å². The van der Waals surface area contributed by atoms with E-state index in [1.165, 1.54) is 6.92 Å². The first-order valence-corrected chi connectivity index (χ1v) is 8.27. The Morgan fingerprint density at radius 2 is 1.77 bits per heavy atom. The summed E-state index contributed by atoms with van der Waals surface area (Å²) in [5.74, 6) is -0.262. The van der Waals surface area contributed by atoms with Crippen LogP contribution in [0.2, 0.25) is 0 Å². The fourth-order valence-electron chi connectivity index (χ4n) is 2.10. The maximum atomic E-state index is 11.9. The van der Waals surface area contributed by atoms with E-state index in [9.17, 15) is 14.4 Å². The zero-order valence-corrected chi connectivity index (χ0v) is 14.6. The van der Waals surface area contributed by atoms with Gasteiger partial charge in [0.1, 0.15) is 5.78 Å². The number of hydrogen-bond donors (Lipinski definition) is 1. The lowest BCUT2D eigenvalue weighted by molar-refractivity contribution is -0.128. The first-order chi connectivity index (χ1) is 10.4. The molecule has 0 saturated heterocycles. The molecule has 0 unspecified atom stereocenters. The summed E-state index contributed by atoms with van der Waals surface area (Å²) in [6.45, 7) is 3.43. The molecule has 0 aliphatic rings. The second-order valence-electron chi connectivity index (χ2n) is 5.36. The molecule has 0 aliphatic heterocycles. The Kier molecular flexibility index (Phi) is 8.02. The van der Waals surface area contributed by atoms with E-state index in [4.69, 9.17) is 0 Å². The zero-order chi connectivity index (χ0) is 16.5. The van der Waals surface area contributed by atoms with Crippen LogP contribution in [0, 0.1) is 0 Å². The third-order valence-electron chi connectivity index (χ3n) is 3.35. The fourth-order valence-corrected chi connectivity index (χ4v) is 2.37. The van der Waals surface area contributed by atoms with Crippen LogP contribution < -0.4 is 5.32 Å². The van der Waals surface area contributed by atoms with Crippen LogP contribution in [0.4, 0.5) is 0 Å². The van der Waals surface area contributed by atoms with Crippen molar-refractivity contribution in [3.8, 4) is 0 Å². The summed E-state index contributed by atoms with van der Waals surface area (Å²) in [4.78, 5) is 35.1. The van der Waals surface area contributed by atoms with Crippen molar-refractivity contribution in [1.29, 1.82) is 0 Å². The number of Topliss-reactive ketones (excluding diaryl/α,β-unsaturated/α-hetero) is 2. The van der Waals surface area contributed by atoms with E-state index in [0.29, 0.717) is 12.8 Å². The SMILES string of the molecule is CCC[C@H](NC(=O)CCC(=O)Cc1ccc(Br)cc1)C(C)=O. The van der Waals surface area contributed by atoms with Gasteiger partial charge in [0.05, 0.1) is 6.04 Å². The highest BCUT2D eigenvalue weighted by molar-refractivity contribution is 9.10. The van der Waals surface area contributed by atoms with Crippen molar-refractivity contribution >= 4 is 33.4 Å². The summed E-state index contributed by atoms with van der Waals surface area (Å²) >= 11 is 3.34. The van der Waals surface area contributed by atoms with Gasteiger partial charge in [-0.25, -0.2) is 0 Å². The minimum absolute atomic E-state index is 0.0207. The summed E-state index contributed by atoms with van der Waals surface area (Å²) in [7, 11) is 0. The van der Waals surface area contributed by atoms with Crippen LogP contribution in [0.5, 0.6) is 0 Å². The molecule has 4 nitrogen and oxygen atoms in total. The molecule has 1 atom stereocenters. The molecule has 0 spiro atoms. The quantitative estimate of drug-likeness (QED) is 0.728. The number of hydrogen-bond acceptors (Lipinski definition) is 3. The summed E-state index contributed by atoms with van der Waals surface area (Å²) in [5, 5.41) is 2.70. The van der Waals surface area contributed by atoms with Gasteiger partial charge in [-0.05, 0) is 31.0 Å². The second-order valence-corrected chi connectivity index (χ2v) is 6.28. The Hall–Kier alpha value is -1.49. The molecule has 22 heavy (non-hydrogen) atoms. The number of benzene rings is 1. The molecular formula is C17H22BrNO3. The maximum Gasteiger partial charge on any atom is 0.221 e. The van der Waals surface area contributed by atoms with Gasteiger partial charge in [-0.2, -0.15) is 0 Å². The van der Waals surface area contributed by atoms with E-state index < -0.39 is 6.04 Å². The van der Waals surface area contributed by atoms with Crippen molar-refractivity contribution in [1.82, 2.24) is 5.32 Å². The summed E-state index contributed by atoms with van der Waals surface area (Å²) < 4.78 is 0.967. The smallest absolute Gasteiger partial charge is 0.221 e. The first kappa shape index (κ1) is 18.6. The van der Waals surface area contributed by atoms with Gasteiger partial charge in [0, 0.05) is 23.7 Å². The second kappa shape index (κ2) is 9.51. The fraction of sp³-hybridized carbons (Fsp3) is 0.471. The van der Waals surface area contributed by atoms with E-state index in [0.717, 1.165) is 16.5 Å². The Morgan fingerprint density at radius 1 is 1.14 bits per heavy atom. The van der Waals surface area contributed by atoms with E-state index >= 15 is 0 Å². The molecule has 0 aliphatic carbocycles. The van der Waals surface area contributed by atoms with Gasteiger partial charge in [-0.15, -0.1) is 0 Å². The lowest BCUT2D eigenvalue weighted by Crippen LogP contribution is -2.39. The minimum atomic E-state index is -0.431. The van der Waals surface area contributed by atoms with Gasteiger partial charge >= 0.3 is 0 Å². The summed E-state index contributed by atoms with van der Waals surface area (Å²) in [6.07, 6.45) is 2.11. The van der Waals surface area contributed by atoms with Crippen LogP contribution in [0.15, 0.2) is 28.7 Å². The Labute approximate surface area is 139 Å². The Bertz CT molecular complexity index is 525. The van der Waals surface area contributed by atoms with E-state index in [-0.39, 0.29) is 30.3 Å². The van der Waals surface area contributed by atoms with Crippen molar-refractivity contribution in [2.24, 2.45) is 0 Å². The van der Waals surface area contributed by atoms with Crippen LogP contribution in [0.1, 0.15) is 45.1 Å².